The third kappa shape index (κ3) is 6.30. The second-order valence-electron chi connectivity index (χ2n) is 8.09. The average molecular weight is 444 g/mol. The van der Waals surface area contributed by atoms with Crippen LogP contribution in [0, 0.1) is 0 Å². The van der Waals surface area contributed by atoms with Crippen LogP contribution in [0.3, 0.4) is 0 Å². The van der Waals surface area contributed by atoms with Crippen LogP contribution < -0.4 is 22.9 Å². The smallest absolute Gasteiger partial charge is 0.245 e. The van der Waals surface area contributed by atoms with Gasteiger partial charge in [0.2, 0.25) is 5.91 Å². The van der Waals surface area contributed by atoms with Crippen molar-refractivity contribution >= 4 is 28.6 Å². The van der Waals surface area contributed by atoms with Crippen LogP contribution >= 0.6 is 0 Å². The average Bonchev–Trinajstić information content (AvgIpc) is 3.11. The summed E-state index contributed by atoms with van der Waals surface area (Å²) in [6.07, 6.45) is 3.48. The number of carbonyl (C=O) groups is 2. The summed E-state index contributed by atoms with van der Waals surface area (Å²) in [6, 6.07) is 7.95. The maximum Gasteiger partial charge on any atom is 0.245 e. The highest BCUT2D eigenvalue weighted by atomic mass is 16.2. The molecule has 9 nitrogen and oxygen atoms in total. The molecule has 0 aliphatic rings. The highest BCUT2D eigenvalue weighted by Crippen LogP contribution is 2.24. The number of para-hydroxylation sites is 1. The van der Waals surface area contributed by atoms with Gasteiger partial charge >= 0.3 is 0 Å². The Morgan fingerprint density at radius 2 is 1.78 bits per heavy atom. The normalized spacial score (nSPS) is 13.2. The van der Waals surface area contributed by atoms with Crippen LogP contribution in [0.1, 0.15) is 38.7 Å². The van der Waals surface area contributed by atoms with Gasteiger partial charge in [-0.05, 0) is 50.5 Å². The number of fused-ring (bicyclic) bond motifs is 1. The number of rotatable bonds is 14. The van der Waals surface area contributed by atoms with Crippen LogP contribution in [0.2, 0.25) is 0 Å². The molecule has 0 bridgehead atoms. The van der Waals surface area contributed by atoms with Crippen molar-refractivity contribution < 1.29 is 9.59 Å². The number of guanidine groups is 1. The lowest BCUT2D eigenvalue weighted by atomic mass is 9.85. The van der Waals surface area contributed by atoms with Gasteiger partial charge in [0, 0.05) is 36.6 Å². The second kappa shape index (κ2) is 11.6. The minimum Gasteiger partial charge on any atom is -0.370 e. The first-order valence-electron chi connectivity index (χ1n) is 11.2. The molecule has 1 atom stereocenters. The topological polar surface area (TPSA) is 159 Å². The molecule has 0 saturated heterocycles. The SMILES string of the molecule is CCN(CC)CCCn1cc(CC(=O)[C@](N)(CCCN=C(N)N)C(N)=O)c2ccccc21. The molecular formula is C23H37N7O2. The number of Topliss-reactive ketones (excluding diaryl/α,β-unsaturated/α-hetero) is 1. The van der Waals surface area contributed by atoms with Crippen molar-refractivity contribution in [3.8, 4) is 0 Å². The Kier molecular flexibility index (Phi) is 9.22. The molecule has 0 aliphatic heterocycles. The molecule has 1 amide bonds. The predicted octanol–water partition coefficient (Wildman–Crippen LogP) is 0.721. The van der Waals surface area contributed by atoms with Crippen LogP contribution in [0.5, 0.6) is 0 Å². The molecule has 0 spiro atoms. The summed E-state index contributed by atoms with van der Waals surface area (Å²) < 4.78 is 2.17. The number of nitrogens with zero attached hydrogens (tertiary/aromatic N) is 3. The summed E-state index contributed by atoms with van der Waals surface area (Å²) in [5, 5.41) is 0.982. The zero-order valence-corrected chi connectivity index (χ0v) is 19.2. The number of hydrogen-bond donors (Lipinski definition) is 4. The van der Waals surface area contributed by atoms with Crippen molar-refractivity contribution in [1.29, 1.82) is 0 Å². The molecule has 176 valence electrons. The van der Waals surface area contributed by atoms with Crippen molar-refractivity contribution in [2.24, 2.45) is 27.9 Å². The quantitative estimate of drug-likeness (QED) is 0.146. The Morgan fingerprint density at radius 1 is 1.09 bits per heavy atom. The molecule has 0 aliphatic carbocycles. The molecule has 1 aromatic heterocycles. The first kappa shape index (κ1) is 25.4. The van der Waals surface area contributed by atoms with E-state index < -0.39 is 17.2 Å². The Balaban J connectivity index is 2.18. The lowest BCUT2D eigenvalue weighted by Gasteiger charge is -2.24. The van der Waals surface area contributed by atoms with Gasteiger partial charge in [0.1, 0.15) is 0 Å². The summed E-state index contributed by atoms with van der Waals surface area (Å²) in [4.78, 5) is 31.5. The number of primary amides is 1. The fourth-order valence-electron chi connectivity index (χ4n) is 3.95. The van der Waals surface area contributed by atoms with Gasteiger partial charge in [-0.25, -0.2) is 0 Å². The monoisotopic (exact) mass is 443 g/mol. The van der Waals surface area contributed by atoms with Gasteiger partial charge in [0.15, 0.2) is 17.3 Å². The van der Waals surface area contributed by atoms with E-state index in [4.69, 9.17) is 22.9 Å². The maximum absolute atomic E-state index is 13.1. The summed E-state index contributed by atoms with van der Waals surface area (Å²) in [5.74, 6) is -1.29. The number of hydrogen-bond acceptors (Lipinski definition) is 5. The molecule has 1 aromatic carbocycles. The fourth-order valence-corrected chi connectivity index (χ4v) is 3.95. The molecule has 9 heteroatoms. The van der Waals surface area contributed by atoms with Crippen molar-refractivity contribution in [3.63, 3.8) is 0 Å². The first-order chi connectivity index (χ1) is 15.2. The van der Waals surface area contributed by atoms with E-state index >= 15 is 0 Å². The number of aromatic nitrogens is 1. The number of carbonyl (C=O) groups excluding carboxylic acids is 2. The summed E-state index contributed by atoms with van der Waals surface area (Å²) in [6.45, 7) is 8.49. The summed E-state index contributed by atoms with van der Waals surface area (Å²) in [7, 11) is 0. The van der Waals surface area contributed by atoms with Crippen LogP contribution in [-0.4, -0.2) is 58.8 Å². The van der Waals surface area contributed by atoms with Gasteiger partial charge in [-0.2, -0.15) is 0 Å². The van der Waals surface area contributed by atoms with E-state index in [1.54, 1.807) is 0 Å². The van der Waals surface area contributed by atoms with E-state index in [-0.39, 0.29) is 25.3 Å². The van der Waals surface area contributed by atoms with E-state index in [1.807, 2.05) is 30.5 Å². The highest BCUT2D eigenvalue weighted by Gasteiger charge is 2.39. The maximum atomic E-state index is 13.1. The number of aryl methyl sites for hydroxylation is 1. The van der Waals surface area contributed by atoms with Crippen LogP contribution in [0.25, 0.3) is 10.9 Å². The van der Waals surface area contributed by atoms with E-state index in [1.165, 1.54) is 0 Å². The van der Waals surface area contributed by atoms with Crippen molar-refractivity contribution in [1.82, 2.24) is 9.47 Å². The zero-order chi connectivity index (χ0) is 23.7. The number of benzene rings is 1. The van der Waals surface area contributed by atoms with Gasteiger partial charge in [-0.1, -0.05) is 32.0 Å². The fraction of sp³-hybridized carbons (Fsp3) is 0.522. The number of nitrogens with two attached hydrogens (primary N) is 4. The third-order valence-corrected chi connectivity index (χ3v) is 5.95. The molecule has 0 saturated carbocycles. The molecule has 2 rings (SSSR count). The van der Waals surface area contributed by atoms with Crippen molar-refractivity contribution in [2.75, 3.05) is 26.2 Å². The summed E-state index contributed by atoms with van der Waals surface area (Å²) >= 11 is 0. The molecule has 0 unspecified atom stereocenters. The number of aliphatic imine (C=N–C) groups is 1. The largest absolute Gasteiger partial charge is 0.370 e. The van der Waals surface area contributed by atoms with Crippen LogP contribution in [-0.2, 0) is 22.6 Å². The van der Waals surface area contributed by atoms with Crippen molar-refractivity contribution in [2.45, 2.75) is 51.6 Å². The Labute approximate surface area is 189 Å². The minimum atomic E-state index is -1.76. The molecule has 8 N–H and O–H groups in total. The highest BCUT2D eigenvalue weighted by molar-refractivity contribution is 6.11. The van der Waals surface area contributed by atoms with E-state index in [0.717, 1.165) is 49.1 Å². The standard InChI is InChI=1S/C23H37N7O2/c1-3-29(4-2)13-8-14-30-16-17(18-9-5-6-10-19(18)30)15-20(31)23(27,21(24)32)11-7-12-28-22(25)26/h5-6,9-10,16H,3-4,7-8,11-15,27H2,1-2H3,(H2,24,32)(H4,25,26,28)/t23-/m1/s1. The van der Waals surface area contributed by atoms with E-state index in [9.17, 15) is 9.59 Å². The predicted molar refractivity (Wildman–Crippen MR) is 129 cm³/mol. The zero-order valence-electron chi connectivity index (χ0n) is 19.2. The molecule has 32 heavy (non-hydrogen) atoms. The number of amides is 1. The Hall–Kier alpha value is -2.91. The third-order valence-electron chi connectivity index (χ3n) is 5.95. The van der Waals surface area contributed by atoms with Gasteiger partial charge in [-0.15, -0.1) is 0 Å². The Morgan fingerprint density at radius 3 is 2.41 bits per heavy atom. The molecule has 0 fully saturated rings. The molecular weight excluding hydrogens is 406 g/mol. The van der Waals surface area contributed by atoms with Gasteiger partial charge in [0.25, 0.3) is 0 Å². The van der Waals surface area contributed by atoms with Gasteiger partial charge in [0.05, 0.1) is 0 Å². The molecule has 1 heterocycles. The Bertz CT molecular complexity index is 945. The summed E-state index contributed by atoms with van der Waals surface area (Å²) in [5.41, 5.74) is 22.5. The minimum absolute atomic E-state index is 0.0330. The lowest BCUT2D eigenvalue weighted by molar-refractivity contribution is -0.134. The number of ketones is 1. The molecule has 0 radical (unpaired) electrons. The van der Waals surface area contributed by atoms with Crippen LogP contribution in [0.4, 0.5) is 0 Å². The van der Waals surface area contributed by atoms with Crippen molar-refractivity contribution in [3.05, 3.63) is 36.0 Å². The van der Waals surface area contributed by atoms with E-state index in [0.29, 0.717) is 6.42 Å². The second-order valence-corrected chi connectivity index (χ2v) is 8.09. The van der Waals surface area contributed by atoms with Gasteiger partial charge in [-0.3, -0.25) is 14.6 Å². The van der Waals surface area contributed by atoms with Gasteiger partial charge < -0.3 is 32.4 Å². The van der Waals surface area contributed by atoms with Crippen LogP contribution in [0.15, 0.2) is 35.5 Å². The first-order valence-corrected chi connectivity index (χ1v) is 11.2. The van der Waals surface area contributed by atoms with E-state index in [2.05, 4.69) is 28.3 Å². The molecule has 2 aromatic rings. The lowest BCUT2D eigenvalue weighted by Crippen LogP contribution is -2.58.